The Balaban J connectivity index is 0.00000128. The second kappa shape index (κ2) is 6.20. The second-order valence-electron chi connectivity index (χ2n) is 5.50. The van der Waals surface area contributed by atoms with Gasteiger partial charge in [0, 0.05) is 18.6 Å². The van der Waals surface area contributed by atoms with Gasteiger partial charge in [0.05, 0.1) is 13.2 Å². The van der Waals surface area contributed by atoms with Gasteiger partial charge in [0.25, 0.3) is 0 Å². The first-order valence-electron chi connectivity index (χ1n) is 6.22. The van der Waals surface area contributed by atoms with Crippen molar-refractivity contribution < 1.29 is 4.74 Å². The summed E-state index contributed by atoms with van der Waals surface area (Å²) < 4.78 is 5.55. The van der Waals surface area contributed by atoms with Crippen molar-refractivity contribution in [2.24, 2.45) is 5.92 Å². The third-order valence-electron chi connectivity index (χ3n) is 3.75. The Labute approximate surface area is 105 Å². The fourth-order valence-electron chi connectivity index (χ4n) is 2.60. The standard InChI is InChI=1S/C12H24N2O.ClH/c1-12(2)10-15-8-7-14(12)9-11-3-5-13-6-4-11;/h11,13H,3-10H2,1-2H3;1H. The van der Waals surface area contributed by atoms with Gasteiger partial charge in [-0.1, -0.05) is 0 Å². The van der Waals surface area contributed by atoms with Gasteiger partial charge in [0.15, 0.2) is 0 Å². The maximum atomic E-state index is 5.55. The highest BCUT2D eigenvalue weighted by Crippen LogP contribution is 2.23. The Hall–Kier alpha value is 0.170. The van der Waals surface area contributed by atoms with Crippen LogP contribution < -0.4 is 5.32 Å². The van der Waals surface area contributed by atoms with E-state index in [4.69, 9.17) is 4.74 Å². The van der Waals surface area contributed by atoms with E-state index in [-0.39, 0.29) is 17.9 Å². The molecule has 0 aromatic rings. The molecule has 0 aromatic carbocycles. The van der Waals surface area contributed by atoms with Crippen molar-refractivity contribution in [2.75, 3.05) is 39.4 Å². The molecule has 2 heterocycles. The smallest absolute Gasteiger partial charge is 0.0645 e. The highest BCUT2D eigenvalue weighted by molar-refractivity contribution is 5.85. The molecule has 0 amide bonds. The van der Waals surface area contributed by atoms with Crippen molar-refractivity contribution in [3.63, 3.8) is 0 Å². The minimum Gasteiger partial charge on any atom is -0.378 e. The van der Waals surface area contributed by atoms with Crippen molar-refractivity contribution in [3.05, 3.63) is 0 Å². The second-order valence-corrected chi connectivity index (χ2v) is 5.50. The Morgan fingerprint density at radius 1 is 1.31 bits per heavy atom. The molecule has 0 bridgehead atoms. The fraction of sp³-hybridized carbons (Fsp3) is 1.00. The summed E-state index contributed by atoms with van der Waals surface area (Å²) in [6, 6.07) is 0. The first-order chi connectivity index (χ1) is 7.18. The van der Waals surface area contributed by atoms with Gasteiger partial charge in [0.1, 0.15) is 0 Å². The summed E-state index contributed by atoms with van der Waals surface area (Å²) in [5, 5.41) is 3.43. The number of piperidine rings is 1. The predicted octanol–water partition coefficient (Wildman–Crippen LogP) is 1.52. The van der Waals surface area contributed by atoms with Crippen LogP contribution in [0.15, 0.2) is 0 Å². The predicted molar refractivity (Wildman–Crippen MR) is 69.3 cm³/mol. The molecule has 2 aliphatic heterocycles. The molecule has 0 saturated carbocycles. The summed E-state index contributed by atoms with van der Waals surface area (Å²) in [5.41, 5.74) is 0.239. The number of hydrogen-bond donors (Lipinski definition) is 1. The molecule has 3 nitrogen and oxygen atoms in total. The number of nitrogens with one attached hydrogen (secondary N) is 1. The number of nitrogens with zero attached hydrogens (tertiary/aromatic N) is 1. The molecule has 0 aromatic heterocycles. The van der Waals surface area contributed by atoms with Crippen LogP contribution in [0.25, 0.3) is 0 Å². The molecular weight excluding hydrogens is 224 g/mol. The minimum atomic E-state index is 0. The van der Waals surface area contributed by atoms with E-state index in [1.807, 2.05) is 0 Å². The molecular formula is C12H25ClN2O. The Morgan fingerprint density at radius 2 is 2.00 bits per heavy atom. The van der Waals surface area contributed by atoms with Crippen molar-refractivity contribution in [1.29, 1.82) is 0 Å². The number of ether oxygens (including phenoxy) is 1. The molecule has 2 rings (SSSR count). The number of halogens is 1. The molecule has 0 unspecified atom stereocenters. The molecule has 2 aliphatic rings. The van der Waals surface area contributed by atoms with E-state index < -0.39 is 0 Å². The van der Waals surface area contributed by atoms with Gasteiger partial charge in [-0.05, 0) is 45.7 Å². The lowest BCUT2D eigenvalue weighted by Crippen LogP contribution is -2.54. The van der Waals surface area contributed by atoms with Crippen LogP contribution in [0.3, 0.4) is 0 Å². The molecule has 2 fully saturated rings. The molecule has 0 radical (unpaired) electrons. The van der Waals surface area contributed by atoms with Crippen LogP contribution in [0.2, 0.25) is 0 Å². The van der Waals surface area contributed by atoms with Gasteiger partial charge in [-0.3, -0.25) is 4.90 Å². The number of rotatable bonds is 2. The Kier molecular flexibility index (Phi) is 5.51. The Bertz CT molecular complexity index is 205. The molecule has 16 heavy (non-hydrogen) atoms. The van der Waals surface area contributed by atoms with Gasteiger partial charge < -0.3 is 10.1 Å². The zero-order valence-electron chi connectivity index (χ0n) is 10.5. The van der Waals surface area contributed by atoms with Crippen LogP contribution in [0.1, 0.15) is 26.7 Å². The summed E-state index contributed by atoms with van der Waals surface area (Å²) in [5.74, 6) is 0.892. The Morgan fingerprint density at radius 3 is 2.62 bits per heavy atom. The van der Waals surface area contributed by atoms with Crippen LogP contribution >= 0.6 is 12.4 Å². The molecule has 96 valence electrons. The van der Waals surface area contributed by atoms with Crippen LogP contribution in [-0.2, 0) is 4.74 Å². The van der Waals surface area contributed by atoms with Crippen molar-refractivity contribution in [3.8, 4) is 0 Å². The van der Waals surface area contributed by atoms with Gasteiger partial charge in [-0.15, -0.1) is 12.4 Å². The van der Waals surface area contributed by atoms with E-state index in [1.165, 1.54) is 32.5 Å². The van der Waals surface area contributed by atoms with Crippen LogP contribution in [0, 0.1) is 5.92 Å². The van der Waals surface area contributed by atoms with Crippen molar-refractivity contribution in [1.82, 2.24) is 10.2 Å². The first kappa shape index (κ1) is 14.2. The summed E-state index contributed by atoms with van der Waals surface area (Å²) >= 11 is 0. The molecule has 1 N–H and O–H groups in total. The first-order valence-corrected chi connectivity index (χ1v) is 6.22. The fourth-order valence-corrected chi connectivity index (χ4v) is 2.60. The van der Waals surface area contributed by atoms with Crippen molar-refractivity contribution >= 4 is 12.4 Å². The monoisotopic (exact) mass is 248 g/mol. The largest absolute Gasteiger partial charge is 0.378 e. The number of hydrogen-bond acceptors (Lipinski definition) is 3. The lowest BCUT2D eigenvalue weighted by molar-refractivity contribution is -0.0586. The van der Waals surface area contributed by atoms with E-state index in [1.54, 1.807) is 0 Å². The summed E-state index contributed by atoms with van der Waals surface area (Å²) in [6.07, 6.45) is 2.68. The molecule has 0 atom stereocenters. The molecule has 0 aliphatic carbocycles. The zero-order valence-corrected chi connectivity index (χ0v) is 11.3. The maximum Gasteiger partial charge on any atom is 0.0645 e. The zero-order chi connectivity index (χ0) is 10.7. The molecule has 2 saturated heterocycles. The van der Waals surface area contributed by atoms with Gasteiger partial charge in [-0.25, -0.2) is 0 Å². The van der Waals surface area contributed by atoms with E-state index in [0.29, 0.717) is 0 Å². The SMILES string of the molecule is CC1(C)COCCN1CC1CCNCC1.Cl. The normalized spacial score (nSPS) is 27.4. The minimum absolute atomic E-state index is 0. The maximum absolute atomic E-state index is 5.55. The van der Waals surface area contributed by atoms with Crippen LogP contribution in [-0.4, -0.2) is 49.8 Å². The highest BCUT2D eigenvalue weighted by Gasteiger charge is 2.32. The number of morpholine rings is 1. The van der Waals surface area contributed by atoms with E-state index in [2.05, 4.69) is 24.1 Å². The highest BCUT2D eigenvalue weighted by atomic mass is 35.5. The topological polar surface area (TPSA) is 24.5 Å². The summed E-state index contributed by atoms with van der Waals surface area (Å²) in [7, 11) is 0. The molecule has 0 spiro atoms. The third-order valence-corrected chi connectivity index (χ3v) is 3.75. The summed E-state index contributed by atoms with van der Waals surface area (Å²) in [4.78, 5) is 2.62. The molecule has 4 heteroatoms. The quantitative estimate of drug-likeness (QED) is 0.802. The van der Waals surface area contributed by atoms with Crippen LogP contribution in [0.5, 0.6) is 0 Å². The van der Waals surface area contributed by atoms with E-state index in [0.717, 1.165) is 25.7 Å². The average Bonchev–Trinajstić information content (AvgIpc) is 2.23. The van der Waals surface area contributed by atoms with E-state index >= 15 is 0 Å². The lowest BCUT2D eigenvalue weighted by atomic mass is 9.94. The van der Waals surface area contributed by atoms with Gasteiger partial charge >= 0.3 is 0 Å². The lowest BCUT2D eigenvalue weighted by Gasteiger charge is -2.44. The average molecular weight is 249 g/mol. The van der Waals surface area contributed by atoms with Crippen LogP contribution in [0.4, 0.5) is 0 Å². The van der Waals surface area contributed by atoms with Crippen molar-refractivity contribution in [2.45, 2.75) is 32.2 Å². The van der Waals surface area contributed by atoms with Gasteiger partial charge in [0.2, 0.25) is 0 Å². The van der Waals surface area contributed by atoms with Gasteiger partial charge in [-0.2, -0.15) is 0 Å². The third kappa shape index (κ3) is 3.59. The van der Waals surface area contributed by atoms with E-state index in [9.17, 15) is 0 Å². The summed E-state index contributed by atoms with van der Waals surface area (Å²) in [6.45, 7) is 11.2.